The van der Waals surface area contributed by atoms with E-state index in [0.29, 0.717) is 12.6 Å². The molecule has 0 aromatic carbocycles. The van der Waals surface area contributed by atoms with E-state index >= 15 is 0 Å². The minimum atomic E-state index is -0.0243. The van der Waals surface area contributed by atoms with Gasteiger partial charge in [-0.25, -0.2) is 9.97 Å². The number of aliphatic hydroxyl groups is 1. The Hall–Kier alpha value is -1.16. The molecule has 0 aliphatic carbocycles. The van der Waals surface area contributed by atoms with Gasteiger partial charge in [-0.3, -0.25) is 0 Å². The van der Waals surface area contributed by atoms with Crippen molar-refractivity contribution in [1.82, 2.24) is 9.97 Å². The van der Waals surface area contributed by atoms with Crippen molar-refractivity contribution in [3.05, 3.63) is 17.5 Å². The van der Waals surface area contributed by atoms with E-state index in [4.69, 9.17) is 9.84 Å². The van der Waals surface area contributed by atoms with Crippen LogP contribution < -0.4 is 4.74 Å². The highest BCUT2D eigenvalue weighted by Gasteiger charge is 2.02. The van der Waals surface area contributed by atoms with E-state index in [2.05, 4.69) is 16.9 Å². The smallest absolute Gasteiger partial charge is 0.316 e. The predicted molar refractivity (Wildman–Crippen MR) is 71.6 cm³/mol. The number of nitrogens with zero attached hydrogens (tertiary/aromatic N) is 2. The molecule has 102 valence electrons. The predicted octanol–water partition coefficient (Wildman–Crippen LogP) is 3.02. The van der Waals surface area contributed by atoms with Gasteiger partial charge in [-0.1, -0.05) is 39.0 Å². The van der Waals surface area contributed by atoms with E-state index in [9.17, 15) is 0 Å². The zero-order valence-electron chi connectivity index (χ0n) is 11.5. The summed E-state index contributed by atoms with van der Waals surface area (Å²) in [5.41, 5.74) is 1.53. The zero-order chi connectivity index (χ0) is 13.2. The molecule has 0 saturated heterocycles. The summed E-state index contributed by atoms with van der Waals surface area (Å²) in [6, 6.07) is 0.415. The second-order valence-electron chi connectivity index (χ2n) is 4.54. The Balaban J connectivity index is 2.17. The first-order valence-electron chi connectivity index (χ1n) is 6.84. The van der Waals surface area contributed by atoms with Crippen LogP contribution in [0, 0.1) is 6.92 Å². The average Bonchev–Trinajstić information content (AvgIpc) is 2.38. The first kappa shape index (κ1) is 14.9. The Bertz CT molecular complexity index is 343. The van der Waals surface area contributed by atoms with E-state index in [0.717, 1.165) is 17.7 Å². The molecule has 0 aliphatic rings. The number of unbranched alkanes of at least 4 members (excludes halogenated alkanes) is 5. The molecule has 1 aromatic rings. The standard InChI is InChI=1S/C14H24N2O2/c1-3-4-5-6-7-8-9-18-14-15-10-13(11-17)12(2)16-14/h10,17H,3-9,11H2,1-2H3. The average molecular weight is 252 g/mol. The molecule has 1 N–H and O–H groups in total. The third-order valence-electron chi connectivity index (χ3n) is 2.96. The second-order valence-corrected chi connectivity index (χ2v) is 4.54. The maximum absolute atomic E-state index is 9.01. The van der Waals surface area contributed by atoms with Crippen molar-refractivity contribution in [2.24, 2.45) is 0 Å². The van der Waals surface area contributed by atoms with Gasteiger partial charge in [0.15, 0.2) is 0 Å². The van der Waals surface area contributed by atoms with E-state index in [1.807, 2.05) is 6.92 Å². The van der Waals surface area contributed by atoms with E-state index in [1.54, 1.807) is 6.20 Å². The zero-order valence-corrected chi connectivity index (χ0v) is 11.5. The van der Waals surface area contributed by atoms with Gasteiger partial charge in [0.1, 0.15) is 0 Å². The van der Waals surface area contributed by atoms with Crippen molar-refractivity contribution in [1.29, 1.82) is 0 Å². The fourth-order valence-electron chi connectivity index (χ4n) is 1.74. The van der Waals surface area contributed by atoms with Crippen molar-refractivity contribution < 1.29 is 9.84 Å². The molecule has 0 aliphatic heterocycles. The maximum atomic E-state index is 9.01. The highest BCUT2D eigenvalue weighted by molar-refractivity contribution is 5.16. The van der Waals surface area contributed by atoms with Crippen molar-refractivity contribution >= 4 is 0 Å². The van der Waals surface area contributed by atoms with Crippen molar-refractivity contribution in [2.45, 2.75) is 59.0 Å². The first-order chi connectivity index (χ1) is 8.77. The Labute approximate surface area is 109 Å². The Morgan fingerprint density at radius 3 is 2.56 bits per heavy atom. The van der Waals surface area contributed by atoms with Crippen LogP contribution in [0.3, 0.4) is 0 Å². The largest absolute Gasteiger partial charge is 0.463 e. The number of aromatic nitrogens is 2. The molecule has 0 amide bonds. The monoisotopic (exact) mass is 252 g/mol. The van der Waals surface area contributed by atoms with Gasteiger partial charge in [-0.2, -0.15) is 0 Å². The van der Waals surface area contributed by atoms with Crippen LogP contribution >= 0.6 is 0 Å². The van der Waals surface area contributed by atoms with Crippen LogP contribution in [-0.2, 0) is 6.61 Å². The van der Waals surface area contributed by atoms with E-state index in [-0.39, 0.29) is 6.61 Å². The fourth-order valence-corrected chi connectivity index (χ4v) is 1.74. The van der Waals surface area contributed by atoms with Gasteiger partial charge in [-0.15, -0.1) is 0 Å². The summed E-state index contributed by atoms with van der Waals surface area (Å²) in [6.07, 6.45) is 9.07. The number of rotatable bonds is 9. The molecule has 1 rings (SSSR count). The van der Waals surface area contributed by atoms with Crippen LogP contribution in [-0.4, -0.2) is 21.7 Å². The molecular formula is C14H24N2O2. The summed E-state index contributed by atoms with van der Waals surface area (Å²) < 4.78 is 5.49. The summed E-state index contributed by atoms with van der Waals surface area (Å²) in [5.74, 6) is 0. The van der Waals surface area contributed by atoms with Gasteiger partial charge < -0.3 is 9.84 Å². The number of aliphatic hydroxyl groups excluding tert-OH is 1. The third-order valence-corrected chi connectivity index (χ3v) is 2.96. The molecule has 0 fully saturated rings. The minimum absolute atomic E-state index is 0.0243. The first-order valence-corrected chi connectivity index (χ1v) is 6.84. The van der Waals surface area contributed by atoms with E-state index in [1.165, 1.54) is 32.1 Å². The second kappa shape index (κ2) is 8.86. The molecule has 4 nitrogen and oxygen atoms in total. The summed E-state index contributed by atoms with van der Waals surface area (Å²) in [5, 5.41) is 9.01. The van der Waals surface area contributed by atoms with Gasteiger partial charge >= 0.3 is 6.01 Å². The Morgan fingerprint density at radius 2 is 1.89 bits per heavy atom. The minimum Gasteiger partial charge on any atom is -0.463 e. The Morgan fingerprint density at radius 1 is 1.17 bits per heavy atom. The number of hydrogen-bond donors (Lipinski definition) is 1. The third kappa shape index (κ3) is 5.45. The Kier molecular flexibility index (Phi) is 7.34. The molecule has 1 aromatic heterocycles. The van der Waals surface area contributed by atoms with Crippen molar-refractivity contribution in [3.63, 3.8) is 0 Å². The van der Waals surface area contributed by atoms with Crippen LogP contribution in [0.15, 0.2) is 6.20 Å². The van der Waals surface area contributed by atoms with Crippen molar-refractivity contribution in [3.8, 4) is 6.01 Å². The molecule has 0 radical (unpaired) electrons. The highest BCUT2D eigenvalue weighted by Crippen LogP contribution is 2.10. The lowest BCUT2D eigenvalue weighted by Gasteiger charge is -2.06. The number of hydrogen-bond acceptors (Lipinski definition) is 4. The number of ether oxygens (including phenoxy) is 1. The number of aryl methyl sites for hydroxylation is 1. The summed E-state index contributed by atoms with van der Waals surface area (Å²) in [6.45, 7) is 4.72. The van der Waals surface area contributed by atoms with Gasteiger partial charge in [0.2, 0.25) is 0 Å². The van der Waals surface area contributed by atoms with Gasteiger partial charge in [0.25, 0.3) is 0 Å². The molecule has 18 heavy (non-hydrogen) atoms. The van der Waals surface area contributed by atoms with Crippen molar-refractivity contribution in [2.75, 3.05) is 6.61 Å². The normalized spacial score (nSPS) is 10.6. The maximum Gasteiger partial charge on any atom is 0.316 e. The summed E-state index contributed by atoms with van der Waals surface area (Å²) in [7, 11) is 0. The molecule has 0 spiro atoms. The molecule has 0 atom stereocenters. The van der Waals surface area contributed by atoms with Crippen LogP contribution in [0.2, 0.25) is 0 Å². The fraction of sp³-hybridized carbons (Fsp3) is 0.714. The molecule has 1 heterocycles. The van der Waals surface area contributed by atoms with Gasteiger partial charge in [0, 0.05) is 11.8 Å². The lowest BCUT2D eigenvalue weighted by atomic mass is 10.1. The quantitative estimate of drug-likeness (QED) is 0.686. The molecule has 0 unspecified atom stereocenters. The molecule has 4 heteroatoms. The highest BCUT2D eigenvalue weighted by atomic mass is 16.5. The lowest BCUT2D eigenvalue weighted by Crippen LogP contribution is -2.03. The molecular weight excluding hydrogens is 228 g/mol. The van der Waals surface area contributed by atoms with Crippen LogP contribution in [0.4, 0.5) is 0 Å². The molecule has 0 bridgehead atoms. The lowest BCUT2D eigenvalue weighted by molar-refractivity contribution is 0.270. The summed E-state index contributed by atoms with van der Waals surface area (Å²) >= 11 is 0. The molecule has 0 saturated carbocycles. The van der Waals surface area contributed by atoms with Crippen LogP contribution in [0.5, 0.6) is 6.01 Å². The van der Waals surface area contributed by atoms with E-state index < -0.39 is 0 Å². The van der Waals surface area contributed by atoms with Gasteiger partial charge in [0.05, 0.1) is 18.9 Å². The topological polar surface area (TPSA) is 55.2 Å². The SMILES string of the molecule is CCCCCCCCOc1ncc(CO)c(C)n1. The van der Waals surface area contributed by atoms with Gasteiger partial charge in [-0.05, 0) is 13.3 Å². The van der Waals surface area contributed by atoms with Crippen LogP contribution in [0.25, 0.3) is 0 Å². The summed E-state index contributed by atoms with van der Waals surface area (Å²) in [4.78, 5) is 8.26. The van der Waals surface area contributed by atoms with Crippen LogP contribution in [0.1, 0.15) is 56.7 Å².